The lowest BCUT2D eigenvalue weighted by Crippen LogP contribution is -2.16. The number of thiazole rings is 1. The molecule has 1 aromatic heterocycles. The van der Waals surface area contributed by atoms with E-state index in [1.807, 2.05) is 42.0 Å². The fourth-order valence-corrected chi connectivity index (χ4v) is 4.36. The largest absolute Gasteiger partial charge is 0.573 e. The maximum Gasteiger partial charge on any atom is 0.573 e. The molecule has 0 atom stereocenters. The standard InChI is InChI=1S/C25H20F3NO3S2/c1-30-19-9-12-23(21(13-19)16-5-10-20(33-2)11-6-16)31-14-24-29-22(15-34-24)17-3-7-18(8-4-17)32-25(26,27)28/h3-13,15H,14H2,1-2H3. The molecule has 4 aromatic rings. The van der Waals surface area contributed by atoms with Crippen LogP contribution in [0, 0.1) is 0 Å². The molecule has 0 bridgehead atoms. The fourth-order valence-electron chi connectivity index (χ4n) is 3.23. The van der Waals surface area contributed by atoms with Crippen LogP contribution in [0.15, 0.2) is 77.0 Å². The van der Waals surface area contributed by atoms with Crippen LogP contribution in [0.1, 0.15) is 5.01 Å². The zero-order chi connectivity index (χ0) is 24.1. The van der Waals surface area contributed by atoms with Gasteiger partial charge < -0.3 is 14.2 Å². The third-order valence-corrected chi connectivity index (χ3v) is 6.44. The molecule has 4 nitrogen and oxygen atoms in total. The van der Waals surface area contributed by atoms with Gasteiger partial charge in [-0.15, -0.1) is 36.3 Å². The summed E-state index contributed by atoms with van der Waals surface area (Å²) in [4.78, 5) is 5.73. The van der Waals surface area contributed by atoms with Crippen molar-refractivity contribution in [3.05, 3.63) is 77.1 Å². The van der Waals surface area contributed by atoms with Crippen molar-refractivity contribution in [1.82, 2.24) is 4.98 Å². The summed E-state index contributed by atoms with van der Waals surface area (Å²) in [6.45, 7) is 0.252. The Balaban J connectivity index is 1.49. The third-order valence-electron chi connectivity index (χ3n) is 4.87. The van der Waals surface area contributed by atoms with Gasteiger partial charge >= 0.3 is 6.36 Å². The van der Waals surface area contributed by atoms with Gasteiger partial charge in [0.1, 0.15) is 28.9 Å². The number of thioether (sulfide) groups is 1. The molecule has 0 spiro atoms. The maximum absolute atomic E-state index is 12.4. The smallest absolute Gasteiger partial charge is 0.497 e. The predicted octanol–water partition coefficient (Wildman–Crippen LogP) is 7.69. The first-order chi connectivity index (χ1) is 16.3. The Bertz CT molecular complexity index is 1240. The van der Waals surface area contributed by atoms with E-state index >= 15 is 0 Å². The molecule has 0 N–H and O–H groups in total. The second-order valence-electron chi connectivity index (χ2n) is 7.08. The number of methoxy groups -OCH3 is 1. The van der Waals surface area contributed by atoms with E-state index in [0.717, 1.165) is 21.9 Å². The third kappa shape index (κ3) is 6.03. The molecule has 0 aliphatic rings. The average Bonchev–Trinajstić information content (AvgIpc) is 3.31. The Morgan fingerprint density at radius 2 is 1.59 bits per heavy atom. The van der Waals surface area contributed by atoms with Crippen LogP contribution in [-0.4, -0.2) is 24.7 Å². The minimum absolute atomic E-state index is 0.252. The molecule has 4 rings (SSSR count). The second-order valence-corrected chi connectivity index (χ2v) is 8.90. The van der Waals surface area contributed by atoms with E-state index in [1.54, 1.807) is 31.0 Å². The van der Waals surface area contributed by atoms with Crippen molar-refractivity contribution >= 4 is 23.1 Å². The van der Waals surface area contributed by atoms with E-state index in [2.05, 4.69) is 21.9 Å². The molecule has 3 aromatic carbocycles. The molecule has 0 radical (unpaired) electrons. The number of rotatable bonds is 8. The zero-order valence-electron chi connectivity index (χ0n) is 18.3. The van der Waals surface area contributed by atoms with Crippen LogP contribution in [0.2, 0.25) is 0 Å². The van der Waals surface area contributed by atoms with Gasteiger partial charge in [-0.25, -0.2) is 4.98 Å². The Hall–Kier alpha value is -3.17. The van der Waals surface area contributed by atoms with Crippen molar-refractivity contribution in [2.45, 2.75) is 17.9 Å². The monoisotopic (exact) mass is 503 g/mol. The summed E-state index contributed by atoms with van der Waals surface area (Å²) in [7, 11) is 1.62. The lowest BCUT2D eigenvalue weighted by atomic mass is 10.0. The number of nitrogens with zero attached hydrogens (tertiary/aromatic N) is 1. The fraction of sp³-hybridized carbons (Fsp3) is 0.160. The van der Waals surface area contributed by atoms with Gasteiger partial charge in [-0.2, -0.15) is 0 Å². The Morgan fingerprint density at radius 1 is 0.912 bits per heavy atom. The lowest BCUT2D eigenvalue weighted by molar-refractivity contribution is -0.274. The molecule has 176 valence electrons. The number of ether oxygens (including phenoxy) is 3. The topological polar surface area (TPSA) is 40.6 Å². The SMILES string of the molecule is COc1ccc(OCc2nc(-c3ccc(OC(F)(F)F)cc3)cs2)c(-c2ccc(SC)cc2)c1. The van der Waals surface area contributed by atoms with Crippen molar-refractivity contribution in [2.75, 3.05) is 13.4 Å². The van der Waals surface area contributed by atoms with Gasteiger partial charge in [-0.3, -0.25) is 0 Å². The minimum atomic E-state index is -4.72. The molecule has 0 saturated heterocycles. The van der Waals surface area contributed by atoms with E-state index in [-0.39, 0.29) is 12.4 Å². The Morgan fingerprint density at radius 3 is 2.24 bits per heavy atom. The normalized spacial score (nSPS) is 11.3. The first-order valence-corrected chi connectivity index (χ1v) is 12.2. The van der Waals surface area contributed by atoms with Crippen molar-refractivity contribution in [1.29, 1.82) is 0 Å². The first kappa shape index (κ1) is 24.0. The van der Waals surface area contributed by atoms with Crippen LogP contribution in [-0.2, 0) is 6.61 Å². The summed E-state index contributed by atoms with van der Waals surface area (Å²) in [6, 6.07) is 19.5. The van der Waals surface area contributed by atoms with Crippen LogP contribution in [0.4, 0.5) is 13.2 Å². The van der Waals surface area contributed by atoms with E-state index in [0.29, 0.717) is 17.0 Å². The highest BCUT2D eigenvalue weighted by Crippen LogP contribution is 2.35. The molecule has 0 unspecified atom stereocenters. The van der Waals surface area contributed by atoms with E-state index in [4.69, 9.17) is 9.47 Å². The van der Waals surface area contributed by atoms with Gasteiger partial charge in [0, 0.05) is 21.4 Å². The number of hydrogen-bond acceptors (Lipinski definition) is 6. The summed E-state index contributed by atoms with van der Waals surface area (Å²) in [5, 5.41) is 2.58. The van der Waals surface area contributed by atoms with Crippen LogP contribution in [0.3, 0.4) is 0 Å². The number of benzene rings is 3. The van der Waals surface area contributed by atoms with Gasteiger partial charge in [0.25, 0.3) is 0 Å². The summed E-state index contributed by atoms with van der Waals surface area (Å²) in [5.74, 6) is 1.15. The van der Waals surface area contributed by atoms with E-state index < -0.39 is 6.36 Å². The van der Waals surface area contributed by atoms with Gasteiger partial charge in [-0.05, 0) is 66.4 Å². The average molecular weight is 504 g/mol. The molecule has 0 aliphatic carbocycles. The van der Waals surface area contributed by atoms with Crippen LogP contribution in [0.5, 0.6) is 17.2 Å². The molecule has 0 aliphatic heterocycles. The predicted molar refractivity (Wildman–Crippen MR) is 129 cm³/mol. The van der Waals surface area contributed by atoms with Gasteiger partial charge in [0.15, 0.2) is 0 Å². The van der Waals surface area contributed by atoms with Crippen LogP contribution in [0.25, 0.3) is 22.4 Å². The molecule has 9 heteroatoms. The van der Waals surface area contributed by atoms with Crippen molar-refractivity contribution in [3.63, 3.8) is 0 Å². The molecule has 34 heavy (non-hydrogen) atoms. The quantitative estimate of drug-likeness (QED) is 0.231. The zero-order valence-corrected chi connectivity index (χ0v) is 19.9. The van der Waals surface area contributed by atoms with Crippen molar-refractivity contribution < 1.29 is 27.4 Å². The molecule has 0 fully saturated rings. The lowest BCUT2D eigenvalue weighted by Gasteiger charge is -2.13. The van der Waals surface area contributed by atoms with E-state index in [9.17, 15) is 13.2 Å². The van der Waals surface area contributed by atoms with Gasteiger partial charge in [0.2, 0.25) is 0 Å². The van der Waals surface area contributed by atoms with Crippen LogP contribution >= 0.6 is 23.1 Å². The Kier molecular flexibility index (Phi) is 7.33. The highest BCUT2D eigenvalue weighted by Gasteiger charge is 2.31. The molecular formula is C25H20F3NO3S2. The minimum Gasteiger partial charge on any atom is -0.497 e. The molecular weight excluding hydrogens is 483 g/mol. The van der Waals surface area contributed by atoms with Gasteiger partial charge in [0.05, 0.1) is 12.8 Å². The second kappa shape index (κ2) is 10.4. The van der Waals surface area contributed by atoms with E-state index in [1.165, 1.54) is 28.4 Å². The highest BCUT2D eigenvalue weighted by atomic mass is 32.2. The first-order valence-electron chi connectivity index (χ1n) is 10.1. The molecule has 0 saturated carbocycles. The number of aromatic nitrogens is 1. The summed E-state index contributed by atoms with van der Waals surface area (Å²) < 4.78 is 52.5. The molecule has 0 amide bonds. The number of halogens is 3. The van der Waals surface area contributed by atoms with Gasteiger partial charge in [-0.1, -0.05) is 12.1 Å². The van der Waals surface area contributed by atoms with Crippen molar-refractivity contribution in [2.24, 2.45) is 0 Å². The summed E-state index contributed by atoms with van der Waals surface area (Å²) in [5.41, 5.74) is 3.26. The highest BCUT2D eigenvalue weighted by molar-refractivity contribution is 7.98. The summed E-state index contributed by atoms with van der Waals surface area (Å²) >= 11 is 3.09. The van der Waals surface area contributed by atoms with Crippen molar-refractivity contribution in [3.8, 4) is 39.6 Å². The summed E-state index contributed by atoms with van der Waals surface area (Å²) in [6.07, 6.45) is -2.69. The molecule has 1 heterocycles. The number of hydrogen-bond donors (Lipinski definition) is 0. The Labute approximate surface area is 203 Å². The van der Waals surface area contributed by atoms with Crippen LogP contribution < -0.4 is 14.2 Å². The maximum atomic E-state index is 12.4. The number of alkyl halides is 3.